The zero-order chi connectivity index (χ0) is 16.2. The Morgan fingerprint density at radius 3 is 2.78 bits per heavy atom. The van der Waals surface area contributed by atoms with E-state index in [1.807, 2.05) is 30.3 Å². The maximum atomic E-state index is 12.2. The summed E-state index contributed by atoms with van der Waals surface area (Å²) >= 11 is 0. The molecule has 1 N–H and O–H groups in total. The second kappa shape index (κ2) is 6.60. The topological polar surface area (TPSA) is 68.0 Å². The highest BCUT2D eigenvalue weighted by molar-refractivity contribution is 5.96. The zero-order valence-corrected chi connectivity index (χ0v) is 13.2. The number of amides is 1. The van der Waals surface area contributed by atoms with Crippen LogP contribution in [-0.2, 0) is 13.0 Å². The molecule has 0 fully saturated rings. The summed E-state index contributed by atoms with van der Waals surface area (Å²) in [5, 5.41) is 8.82. The van der Waals surface area contributed by atoms with Gasteiger partial charge in [-0.15, -0.1) is 0 Å². The average molecular weight is 309 g/mol. The molecule has 0 atom stereocenters. The molecule has 0 aliphatic heterocycles. The molecule has 0 aliphatic rings. The van der Waals surface area contributed by atoms with Crippen LogP contribution < -0.4 is 5.32 Å². The number of benzene rings is 1. The summed E-state index contributed by atoms with van der Waals surface area (Å²) in [6.07, 6.45) is 2.57. The molecule has 0 radical (unpaired) electrons. The van der Waals surface area contributed by atoms with E-state index in [1.54, 1.807) is 12.3 Å². The molecule has 0 unspecified atom stereocenters. The summed E-state index contributed by atoms with van der Waals surface area (Å²) in [5.74, 6) is 0.941. The van der Waals surface area contributed by atoms with E-state index in [2.05, 4.69) is 29.3 Å². The third kappa shape index (κ3) is 3.74. The van der Waals surface area contributed by atoms with Gasteiger partial charge in [0.25, 0.3) is 5.91 Å². The van der Waals surface area contributed by atoms with Crippen molar-refractivity contribution in [3.8, 4) is 0 Å². The van der Waals surface area contributed by atoms with E-state index in [0.29, 0.717) is 23.9 Å². The van der Waals surface area contributed by atoms with Crippen molar-refractivity contribution in [1.82, 2.24) is 15.5 Å². The van der Waals surface area contributed by atoms with E-state index >= 15 is 0 Å². The van der Waals surface area contributed by atoms with E-state index in [4.69, 9.17) is 4.52 Å². The third-order valence-corrected chi connectivity index (χ3v) is 3.51. The number of nitrogens with zero attached hydrogens (tertiary/aromatic N) is 2. The standard InChI is InChI=1S/C18H19N3O2/c1-12(2)7-15-9-16(23-21-15)11-20-18(22)17-8-13-5-3-4-6-14(13)10-19-17/h3-6,8-10,12H,7,11H2,1-2H3,(H,20,22). The van der Waals surface area contributed by atoms with Gasteiger partial charge in [-0.2, -0.15) is 0 Å². The summed E-state index contributed by atoms with van der Waals surface area (Å²) < 4.78 is 5.24. The Kier molecular flexibility index (Phi) is 4.37. The van der Waals surface area contributed by atoms with Gasteiger partial charge in [-0.1, -0.05) is 43.3 Å². The molecule has 2 heterocycles. The van der Waals surface area contributed by atoms with E-state index in [-0.39, 0.29) is 5.91 Å². The van der Waals surface area contributed by atoms with Gasteiger partial charge in [0.05, 0.1) is 12.2 Å². The lowest BCUT2D eigenvalue weighted by atomic mass is 10.1. The van der Waals surface area contributed by atoms with Crippen molar-refractivity contribution < 1.29 is 9.32 Å². The number of aromatic nitrogens is 2. The van der Waals surface area contributed by atoms with Crippen LogP contribution in [0, 0.1) is 5.92 Å². The van der Waals surface area contributed by atoms with Crippen LogP contribution in [0.15, 0.2) is 47.1 Å². The molecule has 0 spiro atoms. The quantitative estimate of drug-likeness (QED) is 0.784. The minimum absolute atomic E-state index is 0.224. The number of nitrogens with one attached hydrogen (secondary N) is 1. The van der Waals surface area contributed by atoms with E-state index < -0.39 is 0 Å². The number of carbonyl (C=O) groups is 1. The second-order valence-electron chi connectivity index (χ2n) is 5.98. The summed E-state index contributed by atoms with van der Waals surface area (Å²) in [6.45, 7) is 4.56. The van der Waals surface area contributed by atoms with Gasteiger partial charge in [0.2, 0.25) is 0 Å². The molecule has 3 aromatic rings. The van der Waals surface area contributed by atoms with Crippen molar-refractivity contribution in [3.05, 3.63) is 59.7 Å². The van der Waals surface area contributed by atoms with Crippen molar-refractivity contribution in [3.63, 3.8) is 0 Å². The van der Waals surface area contributed by atoms with Crippen LogP contribution in [0.25, 0.3) is 10.8 Å². The molecule has 3 rings (SSSR count). The fourth-order valence-electron chi connectivity index (χ4n) is 2.42. The Morgan fingerprint density at radius 2 is 2.00 bits per heavy atom. The molecule has 1 amide bonds. The molecule has 2 aromatic heterocycles. The van der Waals surface area contributed by atoms with E-state index in [9.17, 15) is 4.79 Å². The molecular weight excluding hydrogens is 290 g/mol. The number of fused-ring (bicyclic) bond motifs is 1. The summed E-state index contributed by atoms with van der Waals surface area (Å²) in [5.41, 5.74) is 1.30. The Hall–Kier alpha value is -2.69. The maximum absolute atomic E-state index is 12.2. The Balaban J connectivity index is 1.65. The van der Waals surface area contributed by atoms with Gasteiger partial charge >= 0.3 is 0 Å². The number of pyridine rings is 1. The minimum atomic E-state index is -0.224. The molecule has 0 saturated carbocycles. The first-order valence-electron chi connectivity index (χ1n) is 7.69. The lowest BCUT2D eigenvalue weighted by Gasteiger charge is -2.03. The van der Waals surface area contributed by atoms with Gasteiger partial charge in [0, 0.05) is 17.6 Å². The molecule has 0 aliphatic carbocycles. The summed E-state index contributed by atoms with van der Waals surface area (Å²) in [4.78, 5) is 16.4. The van der Waals surface area contributed by atoms with Gasteiger partial charge in [0.1, 0.15) is 5.69 Å². The van der Waals surface area contributed by atoms with Crippen LogP contribution in [0.4, 0.5) is 0 Å². The predicted molar refractivity (Wildman–Crippen MR) is 88.0 cm³/mol. The first-order chi connectivity index (χ1) is 11.1. The Labute approximate surface area is 134 Å². The SMILES string of the molecule is CC(C)Cc1cc(CNC(=O)c2cc3ccccc3cn2)on1. The molecule has 118 valence electrons. The van der Waals surface area contributed by atoms with Crippen LogP contribution in [-0.4, -0.2) is 16.0 Å². The predicted octanol–water partition coefficient (Wildman–Crippen LogP) is 3.35. The first kappa shape index (κ1) is 15.2. The lowest BCUT2D eigenvalue weighted by molar-refractivity contribution is 0.0942. The number of hydrogen-bond acceptors (Lipinski definition) is 4. The van der Waals surface area contributed by atoms with Gasteiger partial charge in [-0.3, -0.25) is 9.78 Å². The lowest BCUT2D eigenvalue weighted by Crippen LogP contribution is -2.23. The van der Waals surface area contributed by atoms with Crippen LogP contribution >= 0.6 is 0 Å². The van der Waals surface area contributed by atoms with Gasteiger partial charge < -0.3 is 9.84 Å². The Bertz CT molecular complexity index is 824. The minimum Gasteiger partial charge on any atom is -0.359 e. The molecule has 0 saturated heterocycles. The largest absolute Gasteiger partial charge is 0.359 e. The van der Waals surface area contributed by atoms with Crippen LogP contribution in [0.2, 0.25) is 0 Å². The average Bonchev–Trinajstić information content (AvgIpc) is 2.98. The first-order valence-corrected chi connectivity index (χ1v) is 7.69. The van der Waals surface area contributed by atoms with Crippen molar-refractivity contribution in [2.45, 2.75) is 26.8 Å². The second-order valence-corrected chi connectivity index (χ2v) is 5.98. The van der Waals surface area contributed by atoms with Gasteiger partial charge in [-0.25, -0.2) is 0 Å². The number of rotatable bonds is 5. The molecule has 1 aromatic carbocycles. The number of carbonyl (C=O) groups excluding carboxylic acids is 1. The van der Waals surface area contributed by atoms with Crippen LogP contribution in [0.3, 0.4) is 0 Å². The maximum Gasteiger partial charge on any atom is 0.270 e. The third-order valence-electron chi connectivity index (χ3n) is 3.51. The molecule has 0 bridgehead atoms. The van der Waals surface area contributed by atoms with Crippen molar-refractivity contribution in [2.24, 2.45) is 5.92 Å². The highest BCUT2D eigenvalue weighted by Gasteiger charge is 2.10. The van der Waals surface area contributed by atoms with Crippen LogP contribution in [0.1, 0.15) is 35.8 Å². The fourth-order valence-corrected chi connectivity index (χ4v) is 2.42. The monoisotopic (exact) mass is 309 g/mol. The molecule has 23 heavy (non-hydrogen) atoms. The molecular formula is C18H19N3O2. The summed E-state index contributed by atoms with van der Waals surface area (Å²) in [7, 11) is 0. The van der Waals surface area contributed by atoms with Crippen molar-refractivity contribution >= 4 is 16.7 Å². The van der Waals surface area contributed by atoms with Gasteiger partial charge in [-0.05, 0) is 23.8 Å². The fraction of sp³-hybridized carbons (Fsp3) is 0.278. The highest BCUT2D eigenvalue weighted by Crippen LogP contribution is 2.13. The van der Waals surface area contributed by atoms with Gasteiger partial charge in [0.15, 0.2) is 5.76 Å². The molecule has 5 heteroatoms. The van der Waals surface area contributed by atoms with Crippen molar-refractivity contribution in [1.29, 1.82) is 0 Å². The molecule has 5 nitrogen and oxygen atoms in total. The summed E-state index contributed by atoms with van der Waals surface area (Å²) in [6, 6.07) is 11.5. The van der Waals surface area contributed by atoms with Crippen LogP contribution in [0.5, 0.6) is 0 Å². The van der Waals surface area contributed by atoms with Crippen molar-refractivity contribution in [2.75, 3.05) is 0 Å². The Morgan fingerprint density at radius 1 is 1.22 bits per heavy atom. The normalized spacial score (nSPS) is 11.1. The zero-order valence-electron chi connectivity index (χ0n) is 13.2. The van der Waals surface area contributed by atoms with E-state index in [0.717, 1.165) is 22.9 Å². The smallest absolute Gasteiger partial charge is 0.270 e. The van der Waals surface area contributed by atoms with E-state index in [1.165, 1.54) is 0 Å². The number of hydrogen-bond donors (Lipinski definition) is 1. The highest BCUT2D eigenvalue weighted by atomic mass is 16.5.